The van der Waals surface area contributed by atoms with Gasteiger partial charge in [-0.3, -0.25) is 9.59 Å². The van der Waals surface area contributed by atoms with Gasteiger partial charge >= 0.3 is 6.09 Å². The molecular weight excluding hydrogens is 618 g/mol. The number of ether oxygens (including phenoxy) is 1. The van der Waals surface area contributed by atoms with Crippen molar-refractivity contribution in [2.45, 2.75) is 77.2 Å². The molecule has 3 heterocycles. The standard InChI is InChI=1S/C35H41N5O6S/c1-22-21-47-31(38-22)27-12-9-14-40(27)32(43)26-17-24(16-25(18-26)30-36-13-15-45-30)29(42)37-20-28(41)35(5,19-23-10-7-6-8-11-23)39-33(44)46-34(2,3)4/h6-8,10-11,13,15-18,21,27-28,41H,9,12,14,19-20H2,1-5H3,(H,37,42)(H,39,44). The maximum Gasteiger partial charge on any atom is 0.408 e. The Kier molecular flexibility index (Phi) is 10.1. The lowest BCUT2D eigenvalue weighted by atomic mass is 9.87. The maximum atomic E-state index is 13.9. The molecule has 248 valence electrons. The first-order chi connectivity index (χ1) is 22.3. The Hall–Kier alpha value is -4.55. The van der Waals surface area contributed by atoms with Crippen LogP contribution in [0.2, 0.25) is 0 Å². The van der Waals surface area contributed by atoms with Crippen LogP contribution in [0.3, 0.4) is 0 Å². The highest BCUT2D eigenvalue weighted by Gasteiger charge is 2.37. The van der Waals surface area contributed by atoms with Gasteiger partial charge in [-0.15, -0.1) is 11.3 Å². The van der Waals surface area contributed by atoms with E-state index in [9.17, 15) is 19.5 Å². The number of rotatable bonds is 10. The SMILES string of the molecule is Cc1csc(C2CCCN2C(=O)c2cc(C(=O)NCC(O)C(C)(Cc3ccccc3)NC(=O)OC(C)(C)C)cc(-c3ncco3)c2)n1. The summed E-state index contributed by atoms with van der Waals surface area (Å²) in [6, 6.07) is 14.1. The van der Waals surface area contributed by atoms with Crippen LogP contribution in [-0.4, -0.2) is 68.2 Å². The average Bonchev–Trinajstić information content (AvgIpc) is 3.81. The summed E-state index contributed by atoms with van der Waals surface area (Å²) in [5, 5.41) is 19.9. The fourth-order valence-corrected chi connectivity index (χ4v) is 6.59. The van der Waals surface area contributed by atoms with Gasteiger partial charge in [0.05, 0.1) is 23.9 Å². The van der Waals surface area contributed by atoms with Gasteiger partial charge in [0.1, 0.15) is 16.9 Å². The molecule has 1 saturated heterocycles. The molecule has 5 rings (SSSR count). The van der Waals surface area contributed by atoms with Gasteiger partial charge in [-0.2, -0.15) is 0 Å². The number of benzene rings is 2. The van der Waals surface area contributed by atoms with Gasteiger partial charge in [0.15, 0.2) is 0 Å². The van der Waals surface area contributed by atoms with E-state index in [0.29, 0.717) is 17.7 Å². The first-order valence-corrected chi connectivity index (χ1v) is 16.5. The second kappa shape index (κ2) is 14.1. The van der Waals surface area contributed by atoms with Crippen LogP contribution in [0.5, 0.6) is 0 Å². The number of alkyl carbamates (subject to hydrolysis) is 1. The molecule has 1 aliphatic rings. The Morgan fingerprint density at radius 1 is 1.13 bits per heavy atom. The molecule has 1 aliphatic heterocycles. The minimum absolute atomic E-state index is 0.140. The number of carbonyl (C=O) groups excluding carboxylic acids is 3. The molecule has 2 aromatic carbocycles. The summed E-state index contributed by atoms with van der Waals surface area (Å²) in [6.07, 6.45) is 2.96. The largest absolute Gasteiger partial charge is 0.445 e. The highest BCUT2D eigenvalue weighted by molar-refractivity contribution is 7.09. The molecule has 12 heteroatoms. The molecule has 3 amide bonds. The molecule has 3 N–H and O–H groups in total. The molecular formula is C35H41N5O6S. The lowest BCUT2D eigenvalue weighted by Crippen LogP contribution is -2.59. The van der Waals surface area contributed by atoms with Crippen molar-refractivity contribution < 1.29 is 28.6 Å². The Bertz CT molecular complexity index is 1700. The first kappa shape index (κ1) is 33.8. The fraction of sp³-hybridized carbons (Fsp3) is 0.400. The molecule has 0 saturated carbocycles. The van der Waals surface area contributed by atoms with Crippen molar-refractivity contribution in [3.63, 3.8) is 0 Å². The second-order valence-electron chi connectivity index (χ2n) is 13.1. The zero-order valence-corrected chi connectivity index (χ0v) is 28.1. The van der Waals surface area contributed by atoms with Crippen LogP contribution in [0.15, 0.2) is 70.8 Å². The van der Waals surface area contributed by atoms with Crippen molar-refractivity contribution in [1.82, 2.24) is 25.5 Å². The van der Waals surface area contributed by atoms with E-state index in [1.807, 2.05) is 42.6 Å². The number of hydrogen-bond donors (Lipinski definition) is 3. The summed E-state index contributed by atoms with van der Waals surface area (Å²) in [6.45, 7) is 9.29. The van der Waals surface area contributed by atoms with E-state index in [1.54, 1.807) is 50.8 Å². The van der Waals surface area contributed by atoms with Gasteiger partial charge in [-0.05, 0) is 77.6 Å². The van der Waals surface area contributed by atoms with Gasteiger partial charge < -0.3 is 29.8 Å². The zero-order valence-electron chi connectivity index (χ0n) is 27.3. The number of aliphatic hydroxyl groups is 1. The highest BCUT2D eigenvalue weighted by atomic mass is 32.1. The van der Waals surface area contributed by atoms with E-state index < -0.39 is 29.2 Å². The average molecular weight is 660 g/mol. The van der Waals surface area contributed by atoms with Crippen molar-refractivity contribution in [1.29, 1.82) is 0 Å². The van der Waals surface area contributed by atoms with Crippen LogP contribution in [0, 0.1) is 6.92 Å². The fourth-order valence-electron chi connectivity index (χ4n) is 5.65. The monoisotopic (exact) mass is 659 g/mol. The molecule has 4 aromatic rings. The Morgan fingerprint density at radius 2 is 1.87 bits per heavy atom. The molecule has 0 aliphatic carbocycles. The van der Waals surface area contributed by atoms with Crippen molar-refractivity contribution in [2.75, 3.05) is 13.1 Å². The number of hydrogen-bond acceptors (Lipinski definition) is 9. The predicted octanol–water partition coefficient (Wildman–Crippen LogP) is 5.70. The number of nitrogens with zero attached hydrogens (tertiary/aromatic N) is 3. The Balaban J connectivity index is 1.37. The summed E-state index contributed by atoms with van der Waals surface area (Å²) >= 11 is 1.54. The van der Waals surface area contributed by atoms with Crippen LogP contribution in [0.4, 0.5) is 4.79 Å². The summed E-state index contributed by atoms with van der Waals surface area (Å²) < 4.78 is 11.0. The topological polar surface area (TPSA) is 147 Å². The van der Waals surface area contributed by atoms with Gasteiger partial charge in [-0.1, -0.05) is 30.3 Å². The van der Waals surface area contributed by atoms with Crippen LogP contribution in [0.1, 0.15) is 83.6 Å². The van der Waals surface area contributed by atoms with E-state index in [1.165, 1.54) is 23.8 Å². The molecule has 3 atom stereocenters. The number of carbonyl (C=O) groups is 3. The lowest BCUT2D eigenvalue weighted by Gasteiger charge is -2.36. The summed E-state index contributed by atoms with van der Waals surface area (Å²) in [5.74, 6) is -0.474. The van der Waals surface area contributed by atoms with Crippen LogP contribution in [-0.2, 0) is 11.2 Å². The van der Waals surface area contributed by atoms with E-state index in [4.69, 9.17) is 9.15 Å². The summed E-state index contributed by atoms with van der Waals surface area (Å²) in [7, 11) is 0. The third kappa shape index (κ3) is 8.44. The third-order valence-electron chi connectivity index (χ3n) is 7.95. The number of thiazole rings is 1. The molecule has 0 bridgehead atoms. The minimum atomic E-state index is -1.21. The van der Waals surface area contributed by atoms with Crippen molar-refractivity contribution in [2.24, 2.45) is 0 Å². The summed E-state index contributed by atoms with van der Waals surface area (Å²) in [4.78, 5) is 51.0. The van der Waals surface area contributed by atoms with Crippen LogP contribution >= 0.6 is 11.3 Å². The van der Waals surface area contributed by atoms with Gasteiger partial charge in [0, 0.05) is 40.9 Å². The Morgan fingerprint density at radius 3 is 2.53 bits per heavy atom. The van der Waals surface area contributed by atoms with Crippen molar-refractivity contribution in [3.8, 4) is 11.5 Å². The van der Waals surface area contributed by atoms with E-state index in [-0.39, 0.29) is 36.4 Å². The summed E-state index contributed by atoms with van der Waals surface area (Å²) in [5.41, 5.74) is 0.830. The number of aryl methyl sites for hydroxylation is 1. The third-order valence-corrected chi connectivity index (χ3v) is 9.01. The number of amides is 3. The van der Waals surface area contributed by atoms with E-state index in [0.717, 1.165) is 29.1 Å². The number of oxazole rings is 1. The quantitative estimate of drug-likeness (QED) is 0.197. The van der Waals surface area contributed by atoms with E-state index in [2.05, 4.69) is 20.6 Å². The second-order valence-corrected chi connectivity index (χ2v) is 13.9. The lowest BCUT2D eigenvalue weighted by molar-refractivity contribution is 0.0255. The highest BCUT2D eigenvalue weighted by Crippen LogP contribution is 2.35. The Labute approximate surface area is 278 Å². The van der Waals surface area contributed by atoms with Crippen LogP contribution in [0.25, 0.3) is 11.5 Å². The van der Waals surface area contributed by atoms with Gasteiger partial charge in [0.2, 0.25) is 5.89 Å². The van der Waals surface area contributed by atoms with E-state index >= 15 is 0 Å². The zero-order chi connectivity index (χ0) is 33.8. The molecule has 47 heavy (non-hydrogen) atoms. The first-order valence-electron chi connectivity index (χ1n) is 15.6. The normalized spacial score (nSPS) is 16.7. The van der Waals surface area contributed by atoms with Gasteiger partial charge in [-0.25, -0.2) is 14.8 Å². The molecule has 11 nitrogen and oxygen atoms in total. The number of nitrogens with one attached hydrogen (secondary N) is 2. The molecule has 1 fully saturated rings. The number of likely N-dealkylation sites (tertiary alicyclic amines) is 1. The van der Waals surface area contributed by atoms with Crippen molar-refractivity contribution in [3.05, 3.63) is 93.8 Å². The van der Waals surface area contributed by atoms with Crippen molar-refractivity contribution >= 4 is 29.2 Å². The minimum Gasteiger partial charge on any atom is -0.445 e. The number of aliphatic hydroxyl groups excluding tert-OH is 1. The molecule has 0 radical (unpaired) electrons. The predicted molar refractivity (Wildman–Crippen MR) is 178 cm³/mol. The molecule has 0 spiro atoms. The van der Waals surface area contributed by atoms with Gasteiger partial charge in [0.25, 0.3) is 11.8 Å². The van der Waals surface area contributed by atoms with Crippen LogP contribution < -0.4 is 10.6 Å². The number of aromatic nitrogens is 2. The maximum absolute atomic E-state index is 13.9. The molecule has 2 aromatic heterocycles. The smallest absolute Gasteiger partial charge is 0.408 e. The molecule has 3 unspecified atom stereocenters.